The van der Waals surface area contributed by atoms with Crippen LogP contribution in [0.3, 0.4) is 0 Å². The molecule has 1 aromatic heterocycles. The highest BCUT2D eigenvalue weighted by molar-refractivity contribution is 5.84. The molecule has 0 unspecified atom stereocenters. The number of aromatic nitrogens is 2. The summed E-state index contributed by atoms with van der Waals surface area (Å²) in [7, 11) is 1.97. The lowest BCUT2D eigenvalue weighted by molar-refractivity contribution is -0.00746. The van der Waals surface area contributed by atoms with Gasteiger partial charge in [-0.25, -0.2) is 0 Å². The van der Waals surface area contributed by atoms with E-state index in [2.05, 4.69) is 52.6 Å². The highest BCUT2D eigenvalue weighted by Gasteiger charge is 2.43. The van der Waals surface area contributed by atoms with E-state index < -0.39 is 0 Å². The summed E-state index contributed by atoms with van der Waals surface area (Å²) in [6.45, 7) is 2.39. The minimum Gasteiger partial charge on any atom is -0.487 e. The van der Waals surface area contributed by atoms with Crippen molar-refractivity contribution in [2.45, 2.75) is 50.2 Å². The molecule has 1 aliphatic carbocycles. The van der Waals surface area contributed by atoms with Gasteiger partial charge in [0.15, 0.2) is 0 Å². The Bertz CT molecular complexity index is 1040. The molecule has 3 aromatic rings. The zero-order valence-electron chi connectivity index (χ0n) is 16.5. The number of nitrogens with zero attached hydrogens (tertiary/aromatic N) is 3. The molecule has 1 saturated carbocycles. The number of benzene rings is 2. The maximum Gasteiger partial charge on any atom is 0.123 e. The van der Waals surface area contributed by atoms with Crippen LogP contribution in [0.1, 0.15) is 37.7 Å². The molecule has 2 fully saturated rings. The minimum absolute atomic E-state index is 0.0339. The number of hydrogen-bond acceptors (Lipinski definition) is 3. The summed E-state index contributed by atoms with van der Waals surface area (Å²) in [6, 6.07) is 14.1. The second kappa shape index (κ2) is 6.08. The summed E-state index contributed by atoms with van der Waals surface area (Å²) >= 11 is 0. The molecule has 2 aromatic carbocycles. The summed E-state index contributed by atoms with van der Waals surface area (Å²) in [6.07, 6.45) is 9.66. The predicted octanol–water partition coefficient (Wildman–Crippen LogP) is 4.56. The van der Waals surface area contributed by atoms with Gasteiger partial charge >= 0.3 is 0 Å². The Morgan fingerprint density at radius 2 is 1.82 bits per heavy atom. The maximum atomic E-state index is 6.54. The molecule has 3 aliphatic rings. The Morgan fingerprint density at radius 3 is 2.61 bits per heavy atom. The summed E-state index contributed by atoms with van der Waals surface area (Å²) in [5.74, 6) is 1.10. The molecule has 0 amide bonds. The summed E-state index contributed by atoms with van der Waals surface area (Å²) in [4.78, 5) is 2.70. The third-order valence-corrected chi connectivity index (χ3v) is 7.16. The molecular weight excluding hydrogens is 346 g/mol. The van der Waals surface area contributed by atoms with Crippen LogP contribution in [0, 0.1) is 0 Å². The third kappa shape index (κ3) is 2.66. The number of likely N-dealkylation sites (tertiary alicyclic amines) is 1. The van der Waals surface area contributed by atoms with E-state index >= 15 is 0 Å². The van der Waals surface area contributed by atoms with Gasteiger partial charge in [-0.3, -0.25) is 4.68 Å². The second-order valence-electron chi connectivity index (χ2n) is 8.98. The summed E-state index contributed by atoms with van der Waals surface area (Å²) in [5, 5.41) is 5.75. The Hall–Kier alpha value is -2.33. The van der Waals surface area contributed by atoms with Crippen LogP contribution >= 0.6 is 0 Å². The zero-order chi connectivity index (χ0) is 18.7. The lowest BCUT2D eigenvalue weighted by Gasteiger charge is -2.45. The molecular formula is C24H27N3O. The normalized spacial score (nSPS) is 21.6. The predicted molar refractivity (Wildman–Crippen MR) is 112 cm³/mol. The van der Waals surface area contributed by atoms with Gasteiger partial charge in [0.25, 0.3) is 0 Å². The van der Waals surface area contributed by atoms with E-state index in [-0.39, 0.29) is 5.60 Å². The van der Waals surface area contributed by atoms with Crippen LogP contribution < -0.4 is 4.74 Å². The van der Waals surface area contributed by atoms with E-state index in [0.29, 0.717) is 0 Å². The average molecular weight is 374 g/mol. The van der Waals surface area contributed by atoms with Crippen molar-refractivity contribution in [3.63, 3.8) is 0 Å². The van der Waals surface area contributed by atoms with Gasteiger partial charge in [-0.15, -0.1) is 0 Å². The fourth-order valence-electron chi connectivity index (χ4n) is 5.26. The lowest BCUT2D eigenvalue weighted by atomic mass is 9.83. The lowest BCUT2D eigenvalue weighted by Crippen LogP contribution is -2.52. The van der Waals surface area contributed by atoms with Crippen molar-refractivity contribution in [1.29, 1.82) is 0 Å². The molecule has 144 valence electrons. The molecule has 4 heteroatoms. The Kier molecular flexibility index (Phi) is 3.61. The standard InChI is InChI=1S/C24H27N3O/c1-26-16-19-6-5-18(14-22(19)25-26)17-7-8-23-20(13-17)15-24(28-23)9-11-27(12-10-24)21-3-2-4-21/h5-8,13-14,16,21H,2-4,9-12,15H2,1H3. The smallest absolute Gasteiger partial charge is 0.123 e. The van der Waals surface area contributed by atoms with Gasteiger partial charge in [0.1, 0.15) is 11.4 Å². The first kappa shape index (κ1) is 16.6. The molecule has 4 nitrogen and oxygen atoms in total. The van der Waals surface area contributed by atoms with E-state index in [1.54, 1.807) is 0 Å². The van der Waals surface area contributed by atoms with Crippen LogP contribution in [0.25, 0.3) is 22.0 Å². The summed E-state index contributed by atoms with van der Waals surface area (Å²) in [5.41, 5.74) is 4.95. The molecule has 1 spiro atoms. The number of ether oxygens (including phenoxy) is 1. The quantitative estimate of drug-likeness (QED) is 0.660. The molecule has 6 rings (SSSR count). The molecule has 2 aliphatic heterocycles. The van der Waals surface area contributed by atoms with Gasteiger partial charge in [0.05, 0.1) is 5.52 Å². The highest BCUT2D eigenvalue weighted by atomic mass is 16.5. The number of rotatable bonds is 2. The molecule has 0 N–H and O–H groups in total. The topological polar surface area (TPSA) is 30.3 Å². The van der Waals surface area contributed by atoms with E-state index in [4.69, 9.17) is 4.74 Å². The Morgan fingerprint density at radius 1 is 1.04 bits per heavy atom. The van der Waals surface area contributed by atoms with Crippen molar-refractivity contribution < 1.29 is 4.74 Å². The number of fused-ring (bicyclic) bond motifs is 2. The first-order valence-electron chi connectivity index (χ1n) is 10.7. The van der Waals surface area contributed by atoms with Gasteiger partial charge in [-0.1, -0.05) is 24.6 Å². The first-order valence-corrected chi connectivity index (χ1v) is 10.7. The van der Waals surface area contributed by atoms with Crippen LogP contribution in [0.4, 0.5) is 0 Å². The Balaban J connectivity index is 1.24. The highest BCUT2D eigenvalue weighted by Crippen LogP contribution is 2.43. The van der Waals surface area contributed by atoms with Gasteiger partial charge < -0.3 is 9.64 Å². The number of hydrogen-bond donors (Lipinski definition) is 0. The van der Waals surface area contributed by atoms with Crippen molar-refractivity contribution >= 4 is 10.9 Å². The van der Waals surface area contributed by atoms with E-state index in [1.807, 2.05) is 11.7 Å². The van der Waals surface area contributed by atoms with Crippen molar-refractivity contribution in [3.05, 3.63) is 48.2 Å². The fourth-order valence-corrected chi connectivity index (χ4v) is 5.26. The van der Waals surface area contributed by atoms with Crippen LogP contribution in [0.15, 0.2) is 42.6 Å². The van der Waals surface area contributed by atoms with Crippen molar-refractivity contribution in [2.75, 3.05) is 13.1 Å². The molecule has 3 heterocycles. The molecule has 0 atom stereocenters. The van der Waals surface area contributed by atoms with Crippen LogP contribution in [0.2, 0.25) is 0 Å². The van der Waals surface area contributed by atoms with Crippen LogP contribution in [0.5, 0.6) is 5.75 Å². The number of piperidine rings is 1. The molecule has 0 bridgehead atoms. The number of aryl methyl sites for hydroxylation is 1. The van der Waals surface area contributed by atoms with Crippen LogP contribution in [-0.2, 0) is 13.5 Å². The average Bonchev–Trinajstić information content (AvgIpc) is 3.19. The van der Waals surface area contributed by atoms with Gasteiger partial charge in [0, 0.05) is 57.0 Å². The van der Waals surface area contributed by atoms with E-state index in [9.17, 15) is 0 Å². The van der Waals surface area contributed by atoms with Gasteiger partial charge in [-0.2, -0.15) is 5.10 Å². The largest absolute Gasteiger partial charge is 0.487 e. The SMILES string of the molecule is Cn1cc2ccc(-c3ccc4c(c3)CC3(CCN(C5CCC5)CC3)O4)cc2n1. The monoisotopic (exact) mass is 373 g/mol. The zero-order valence-corrected chi connectivity index (χ0v) is 16.5. The third-order valence-electron chi connectivity index (χ3n) is 7.16. The van der Waals surface area contributed by atoms with Gasteiger partial charge in [0.2, 0.25) is 0 Å². The van der Waals surface area contributed by atoms with Crippen molar-refractivity contribution in [2.24, 2.45) is 7.05 Å². The van der Waals surface area contributed by atoms with Crippen molar-refractivity contribution in [3.8, 4) is 16.9 Å². The molecule has 0 radical (unpaired) electrons. The summed E-state index contributed by atoms with van der Waals surface area (Å²) < 4.78 is 8.42. The van der Waals surface area contributed by atoms with E-state index in [1.165, 1.54) is 54.4 Å². The molecule has 28 heavy (non-hydrogen) atoms. The fraction of sp³-hybridized carbons (Fsp3) is 0.458. The molecule has 1 saturated heterocycles. The van der Waals surface area contributed by atoms with E-state index in [0.717, 1.165) is 36.6 Å². The maximum absolute atomic E-state index is 6.54. The van der Waals surface area contributed by atoms with Crippen molar-refractivity contribution in [1.82, 2.24) is 14.7 Å². The second-order valence-corrected chi connectivity index (χ2v) is 8.98. The first-order chi connectivity index (χ1) is 13.7. The minimum atomic E-state index is 0.0339. The Labute approximate surface area is 166 Å². The van der Waals surface area contributed by atoms with Crippen LogP contribution in [-0.4, -0.2) is 39.4 Å². The van der Waals surface area contributed by atoms with Gasteiger partial charge in [-0.05, 0) is 47.7 Å².